The summed E-state index contributed by atoms with van der Waals surface area (Å²) in [6.45, 7) is 0.814. The first-order chi connectivity index (χ1) is 7.25. The Morgan fingerprint density at radius 3 is 3.00 bits per heavy atom. The number of nitrogen functional groups attached to an aromatic ring is 1. The second-order valence-corrected chi connectivity index (χ2v) is 4.08. The molecule has 7 heteroatoms. The van der Waals surface area contributed by atoms with Crippen molar-refractivity contribution >= 4 is 17.6 Å². The molecule has 0 atom stereocenters. The largest absolute Gasteiger partial charge is 0.382 e. The Kier molecular flexibility index (Phi) is 2.91. The average Bonchev–Trinajstić information content (AvgIpc) is 2.77. The fourth-order valence-corrected chi connectivity index (χ4v) is 1.97. The molecule has 0 aliphatic heterocycles. The summed E-state index contributed by atoms with van der Waals surface area (Å²) in [4.78, 5) is 4.11. The molecule has 0 bridgehead atoms. The zero-order valence-electron chi connectivity index (χ0n) is 8.37. The molecular weight excluding hydrogens is 212 g/mol. The monoisotopic (exact) mass is 224 g/mol. The van der Waals surface area contributed by atoms with Gasteiger partial charge in [0, 0.05) is 19.0 Å². The summed E-state index contributed by atoms with van der Waals surface area (Å²) in [7, 11) is 1.88. The Morgan fingerprint density at radius 2 is 2.40 bits per heavy atom. The maximum Gasteiger partial charge on any atom is 0.185 e. The third-order valence-electron chi connectivity index (χ3n) is 1.88. The van der Waals surface area contributed by atoms with Crippen molar-refractivity contribution in [2.45, 2.75) is 11.7 Å². The molecule has 0 saturated heterocycles. The molecule has 0 aromatic carbocycles. The number of aryl methyl sites for hydroxylation is 2. The Bertz CT molecular complexity index is 434. The number of anilines is 1. The van der Waals surface area contributed by atoms with Crippen molar-refractivity contribution in [3.05, 3.63) is 18.6 Å². The van der Waals surface area contributed by atoms with E-state index in [1.54, 1.807) is 28.8 Å². The zero-order valence-corrected chi connectivity index (χ0v) is 9.18. The highest BCUT2D eigenvalue weighted by atomic mass is 32.2. The summed E-state index contributed by atoms with van der Waals surface area (Å²) in [5.74, 6) is 1.45. The Hall–Kier alpha value is -1.50. The van der Waals surface area contributed by atoms with E-state index in [9.17, 15) is 0 Å². The van der Waals surface area contributed by atoms with Crippen molar-refractivity contribution in [3.63, 3.8) is 0 Å². The van der Waals surface area contributed by atoms with Crippen LogP contribution in [0.15, 0.2) is 23.7 Å². The topological polar surface area (TPSA) is 74.5 Å². The minimum Gasteiger partial charge on any atom is -0.382 e. The summed E-state index contributed by atoms with van der Waals surface area (Å²) in [5.41, 5.74) is 5.50. The van der Waals surface area contributed by atoms with Crippen LogP contribution in [0.2, 0.25) is 0 Å². The van der Waals surface area contributed by atoms with E-state index < -0.39 is 0 Å². The summed E-state index contributed by atoms with van der Waals surface area (Å²) >= 11 is 1.65. The van der Waals surface area contributed by atoms with Gasteiger partial charge in [0.1, 0.15) is 12.1 Å². The highest BCUT2D eigenvalue weighted by molar-refractivity contribution is 7.99. The first kappa shape index (κ1) is 10.0. The fraction of sp³-hybridized carbons (Fsp3) is 0.375. The molecule has 0 unspecified atom stereocenters. The smallest absolute Gasteiger partial charge is 0.185 e. The second kappa shape index (κ2) is 4.35. The SMILES string of the molecule is Cn1ncnc1SCCn1ccc(N)n1. The minimum absolute atomic E-state index is 0.554. The molecule has 6 nitrogen and oxygen atoms in total. The molecule has 0 aliphatic carbocycles. The third kappa shape index (κ3) is 2.50. The Morgan fingerprint density at radius 1 is 1.53 bits per heavy atom. The van der Waals surface area contributed by atoms with Crippen LogP contribution in [0.3, 0.4) is 0 Å². The van der Waals surface area contributed by atoms with Crippen LogP contribution in [0.4, 0.5) is 5.82 Å². The predicted octanol–water partition coefficient (Wildman–Crippen LogP) is 0.386. The van der Waals surface area contributed by atoms with E-state index in [1.165, 1.54) is 0 Å². The second-order valence-electron chi connectivity index (χ2n) is 3.02. The lowest BCUT2D eigenvalue weighted by Crippen LogP contribution is -2.03. The van der Waals surface area contributed by atoms with Gasteiger partial charge in [-0.3, -0.25) is 4.68 Å². The van der Waals surface area contributed by atoms with Gasteiger partial charge in [-0.05, 0) is 6.07 Å². The van der Waals surface area contributed by atoms with Crippen LogP contribution < -0.4 is 5.73 Å². The summed E-state index contributed by atoms with van der Waals surface area (Å²) in [6, 6.07) is 1.78. The molecule has 0 radical (unpaired) electrons. The number of hydrogen-bond donors (Lipinski definition) is 1. The minimum atomic E-state index is 0.554. The summed E-state index contributed by atoms with van der Waals surface area (Å²) < 4.78 is 3.57. The lowest BCUT2D eigenvalue weighted by molar-refractivity contribution is 0.661. The van der Waals surface area contributed by atoms with Crippen molar-refractivity contribution < 1.29 is 0 Å². The maximum absolute atomic E-state index is 5.50. The van der Waals surface area contributed by atoms with Crippen molar-refractivity contribution in [1.82, 2.24) is 24.5 Å². The first-order valence-corrected chi connectivity index (χ1v) is 5.50. The molecule has 2 rings (SSSR count). The van der Waals surface area contributed by atoms with Gasteiger partial charge in [0.2, 0.25) is 0 Å². The van der Waals surface area contributed by atoms with Crippen LogP contribution in [0.1, 0.15) is 0 Å². The molecule has 0 saturated carbocycles. The normalized spacial score (nSPS) is 10.7. The number of aromatic nitrogens is 5. The van der Waals surface area contributed by atoms with Crippen LogP contribution >= 0.6 is 11.8 Å². The highest BCUT2D eigenvalue weighted by Crippen LogP contribution is 2.13. The molecule has 2 aromatic heterocycles. The maximum atomic E-state index is 5.50. The first-order valence-electron chi connectivity index (χ1n) is 4.51. The zero-order chi connectivity index (χ0) is 10.7. The number of thioether (sulfide) groups is 1. The lowest BCUT2D eigenvalue weighted by atomic mass is 10.7. The molecule has 2 N–H and O–H groups in total. The average molecular weight is 224 g/mol. The van der Waals surface area contributed by atoms with E-state index in [-0.39, 0.29) is 0 Å². The fourth-order valence-electron chi connectivity index (χ4n) is 1.15. The van der Waals surface area contributed by atoms with E-state index in [0.717, 1.165) is 17.5 Å². The molecule has 0 fully saturated rings. The molecule has 0 spiro atoms. The van der Waals surface area contributed by atoms with Crippen molar-refractivity contribution in [2.24, 2.45) is 7.05 Å². The molecule has 0 amide bonds. The lowest BCUT2D eigenvalue weighted by Gasteiger charge is -2.00. The van der Waals surface area contributed by atoms with Gasteiger partial charge in [-0.2, -0.15) is 10.2 Å². The number of nitrogens with two attached hydrogens (primary N) is 1. The van der Waals surface area contributed by atoms with E-state index >= 15 is 0 Å². The third-order valence-corrected chi connectivity index (χ3v) is 2.90. The van der Waals surface area contributed by atoms with Crippen LogP contribution in [-0.2, 0) is 13.6 Å². The number of rotatable bonds is 4. The van der Waals surface area contributed by atoms with E-state index in [4.69, 9.17) is 5.73 Å². The predicted molar refractivity (Wildman–Crippen MR) is 58.4 cm³/mol. The Balaban J connectivity index is 1.83. The van der Waals surface area contributed by atoms with Crippen LogP contribution in [0, 0.1) is 0 Å². The van der Waals surface area contributed by atoms with Crippen molar-refractivity contribution in [2.75, 3.05) is 11.5 Å². The number of hydrogen-bond acceptors (Lipinski definition) is 5. The van der Waals surface area contributed by atoms with Gasteiger partial charge in [0.15, 0.2) is 5.16 Å². The molecule has 80 valence electrons. The highest BCUT2D eigenvalue weighted by Gasteiger charge is 2.01. The van der Waals surface area contributed by atoms with Crippen molar-refractivity contribution in [1.29, 1.82) is 0 Å². The summed E-state index contributed by atoms with van der Waals surface area (Å²) in [6.07, 6.45) is 3.42. The van der Waals surface area contributed by atoms with Crippen LogP contribution in [-0.4, -0.2) is 30.3 Å². The van der Waals surface area contributed by atoms with Crippen LogP contribution in [0.5, 0.6) is 0 Å². The van der Waals surface area contributed by atoms with Gasteiger partial charge in [-0.15, -0.1) is 0 Å². The molecule has 15 heavy (non-hydrogen) atoms. The van der Waals surface area contributed by atoms with Gasteiger partial charge < -0.3 is 5.73 Å². The van der Waals surface area contributed by atoms with Crippen molar-refractivity contribution in [3.8, 4) is 0 Å². The molecule has 2 aromatic rings. The van der Waals surface area contributed by atoms with Gasteiger partial charge in [0.25, 0.3) is 0 Å². The quantitative estimate of drug-likeness (QED) is 0.760. The molecular formula is C8H12N6S. The summed E-state index contributed by atoms with van der Waals surface area (Å²) in [5, 5.41) is 8.99. The van der Waals surface area contributed by atoms with Gasteiger partial charge in [0.05, 0.1) is 6.54 Å². The van der Waals surface area contributed by atoms with Crippen LogP contribution in [0.25, 0.3) is 0 Å². The van der Waals surface area contributed by atoms with E-state index in [0.29, 0.717) is 5.82 Å². The van der Waals surface area contributed by atoms with Gasteiger partial charge in [-0.25, -0.2) is 9.67 Å². The molecule has 0 aliphatic rings. The van der Waals surface area contributed by atoms with Gasteiger partial charge in [-0.1, -0.05) is 11.8 Å². The van der Waals surface area contributed by atoms with E-state index in [1.807, 2.05) is 17.9 Å². The number of nitrogens with zero attached hydrogens (tertiary/aromatic N) is 5. The van der Waals surface area contributed by atoms with E-state index in [2.05, 4.69) is 15.2 Å². The Labute approximate surface area is 91.5 Å². The van der Waals surface area contributed by atoms with Gasteiger partial charge >= 0.3 is 0 Å². The standard InChI is InChI=1S/C8H12N6S/c1-13-8(10-6-11-13)15-5-4-14-3-2-7(9)12-14/h2-3,6H,4-5H2,1H3,(H2,9,12). The molecule has 2 heterocycles.